The summed E-state index contributed by atoms with van der Waals surface area (Å²) < 4.78 is 2.34. The van der Waals surface area contributed by atoms with E-state index in [9.17, 15) is 0 Å². The predicted octanol–water partition coefficient (Wildman–Crippen LogP) is 7.39. The Morgan fingerprint density at radius 3 is 1.41 bits per heavy atom. The van der Waals surface area contributed by atoms with Gasteiger partial charge in [-0.25, -0.2) is 0 Å². The van der Waals surface area contributed by atoms with E-state index in [2.05, 4.69) is 34.5 Å². The number of nitrogens with zero attached hydrogens (tertiary/aromatic N) is 1. The van der Waals surface area contributed by atoms with Gasteiger partial charge in [0.15, 0.2) is 0 Å². The molecule has 0 aromatic heterocycles. The maximum atomic E-state index is 3.22. The van der Waals surface area contributed by atoms with Crippen LogP contribution in [0.5, 0.6) is 0 Å². The molecule has 3 aliphatic carbocycles. The van der Waals surface area contributed by atoms with E-state index in [1.54, 1.807) is 38.5 Å². The van der Waals surface area contributed by atoms with E-state index >= 15 is 0 Å². The third-order valence-corrected chi connectivity index (χ3v) is 26.5. The molecule has 1 nitrogen and oxygen atoms in total. The Kier molecular flexibility index (Phi) is 6.65. The number of rotatable bonds is 3. The summed E-state index contributed by atoms with van der Waals surface area (Å²) in [6.45, 7) is 0. The molecule has 4 aliphatic rings. The Bertz CT molecular complexity index is 475. The van der Waals surface area contributed by atoms with Crippen molar-refractivity contribution in [3.63, 3.8) is 0 Å². The van der Waals surface area contributed by atoms with Gasteiger partial charge in [-0.3, -0.25) is 0 Å². The number of fused-ring (bicyclic) bond motifs is 3. The van der Waals surface area contributed by atoms with Gasteiger partial charge >= 0.3 is 180 Å². The molecule has 6 atom stereocenters. The van der Waals surface area contributed by atoms with Crippen LogP contribution >= 0.6 is 0 Å². The molecule has 3 heteroatoms. The summed E-state index contributed by atoms with van der Waals surface area (Å²) in [4.78, 5) is 19.6. The molecule has 1 saturated heterocycles. The summed E-state index contributed by atoms with van der Waals surface area (Å²) in [5, 5.41) is 0. The molecule has 1 heterocycles. The van der Waals surface area contributed by atoms with Crippen LogP contribution in [0.4, 0.5) is 0 Å². The van der Waals surface area contributed by atoms with Gasteiger partial charge in [0.1, 0.15) is 0 Å². The molecule has 0 N–H and O–H groups in total. The number of hydrogen-bond acceptors (Lipinski definition) is 1. The van der Waals surface area contributed by atoms with Gasteiger partial charge in [0.2, 0.25) is 0 Å². The normalized spacial score (nSPS) is 42.0. The standard InChI is InChI=1S/C18H29N.6CH3.2Sn/c1-2-8-14(9-3-1)19-17-12-6-4-10-15(17)16-11-5-7-13-18(16)19;;;;;;;;/h4-5,14-18H,1-3,6-13H2;6*1H3;;. The molecule has 0 radical (unpaired) electrons. The zero-order chi connectivity index (χ0) is 19.4. The van der Waals surface area contributed by atoms with Crippen LogP contribution in [0.1, 0.15) is 70.6 Å². The molecular weight excluding hydrogens is 540 g/mol. The first kappa shape index (κ1) is 21.8. The van der Waals surface area contributed by atoms with Crippen molar-refractivity contribution in [1.82, 2.24) is 4.90 Å². The van der Waals surface area contributed by atoms with Crippen molar-refractivity contribution >= 4 is 36.8 Å². The average molecular weight is 587 g/mol. The van der Waals surface area contributed by atoms with E-state index in [0.717, 1.165) is 30.0 Å². The molecule has 0 bridgehead atoms. The maximum absolute atomic E-state index is 3.22. The topological polar surface area (TPSA) is 3.24 Å². The van der Waals surface area contributed by atoms with Gasteiger partial charge in [-0.05, 0) is 0 Å². The van der Waals surface area contributed by atoms with Gasteiger partial charge < -0.3 is 0 Å². The summed E-state index contributed by atoms with van der Waals surface area (Å²) >= 11 is -3.53. The first-order chi connectivity index (χ1) is 12.7. The van der Waals surface area contributed by atoms with Gasteiger partial charge in [0, 0.05) is 0 Å². The van der Waals surface area contributed by atoms with E-state index in [1.807, 2.05) is 0 Å². The first-order valence-electron chi connectivity index (χ1n) is 12.4. The molecule has 0 amide bonds. The quantitative estimate of drug-likeness (QED) is 0.312. The summed E-state index contributed by atoms with van der Waals surface area (Å²) in [5.41, 5.74) is 0. The van der Waals surface area contributed by atoms with Crippen LogP contribution in [0.2, 0.25) is 37.5 Å². The van der Waals surface area contributed by atoms with Crippen molar-refractivity contribution in [2.45, 2.75) is 126 Å². The Morgan fingerprint density at radius 1 is 0.556 bits per heavy atom. The zero-order valence-corrected chi connectivity index (χ0v) is 25.0. The third-order valence-electron chi connectivity index (χ3n) is 9.49. The molecule has 0 spiro atoms. The van der Waals surface area contributed by atoms with Gasteiger partial charge in [0.05, 0.1) is 0 Å². The zero-order valence-electron chi connectivity index (χ0n) is 19.3. The second kappa shape index (κ2) is 8.24. The van der Waals surface area contributed by atoms with Crippen molar-refractivity contribution in [3.8, 4) is 0 Å². The van der Waals surface area contributed by atoms with Crippen LogP contribution in [-0.4, -0.2) is 59.8 Å². The Hall–Kier alpha value is 1.56. The van der Waals surface area contributed by atoms with Crippen molar-refractivity contribution in [3.05, 3.63) is 0 Å². The number of hydrogen-bond donors (Lipinski definition) is 0. The molecule has 6 unspecified atom stereocenters. The van der Waals surface area contributed by atoms with Gasteiger partial charge in [-0.15, -0.1) is 0 Å². The molecule has 3 saturated carbocycles. The average Bonchev–Trinajstić information content (AvgIpc) is 2.94. The summed E-state index contributed by atoms with van der Waals surface area (Å²) in [6, 6.07) is 2.94. The molecule has 4 rings (SSSR count). The molecular formula is C24H47NSn2. The molecule has 4 fully saturated rings. The van der Waals surface area contributed by atoms with Crippen LogP contribution in [-0.2, 0) is 0 Å². The van der Waals surface area contributed by atoms with Crippen LogP contribution < -0.4 is 0 Å². The Morgan fingerprint density at radius 2 is 1.00 bits per heavy atom. The van der Waals surface area contributed by atoms with E-state index in [-0.39, 0.29) is 0 Å². The van der Waals surface area contributed by atoms with E-state index in [4.69, 9.17) is 0 Å². The van der Waals surface area contributed by atoms with Crippen LogP contribution in [0.15, 0.2) is 0 Å². The number of likely N-dealkylation sites (tertiary alicyclic amines) is 1. The monoisotopic (exact) mass is 589 g/mol. The van der Waals surface area contributed by atoms with Crippen molar-refractivity contribution in [2.75, 3.05) is 0 Å². The first-order valence-corrected chi connectivity index (χ1v) is 32.9. The predicted molar refractivity (Wildman–Crippen MR) is 125 cm³/mol. The fourth-order valence-corrected chi connectivity index (χ4v) is 19.3. The van der Waals surface area contributed by atoms with Crippen molar-refractivity contribution < 1.29 is 0 Å². The fraction of sp³-hybridized carbons (Fsp3) is 1.00. The molecule has 1 aliphatic heterocycles. The van der Waals surface area contributed by atoms with Crippen molar-refractivity contribution in [2.24, 2.45) is 11.8 Å². The SMILES string of the molecule is [CH3][Sn]([CH3])([CH3])[CH]1CCC2C(C1)C1C[CH]([Sn]([CH3])([CH3])[CH3])CCC1N2C1CCCCC1. The fourth-order valence-electron chi connectivity index (χ4n) is 7.78. The Labute approximate surface area is 178 Å². The van der Waals surface area contributed by atoms with Crippen LogP contribution in [0.25, 0.3) is 0 Å². The Balaban J connectivity index is 1.59. The van der Waals surface area contributed by atoms with Crippen LogP contribution in [0.3, 0.4) is 0 Å². The minimum absolute atomic E-state index is 0.964. The summed E-state index contributed by atoms with van der Waals surface area (Å²) in [7, 11) is 0. The van der Waals surface area contributed by atoms with E-state index in [1.165, 1.54) is 40.0 Å². The molecule has 27 heavy (non-hydrogen) atoms. The second-order valence-corrected chi connectivity index (χ2v) is 44.6. The molecule has 0 aromatic rings. The van der Waals surface area contributed by atoms with E-state index in [0.29, 0.717) is 0 Å². The third kappa shape index (κ3) is 4.46. The van der Waals surface area contributed by atoms with Gasteiger partial charge in [0.25, 0.3) is 0 Å². The molecule has 0 aromatic carbocycles. The van der Waals surface area contributed by atoms with Crippen LogP contribution in [0, 0.1) is 11.8 Å². The molecule has 156 valence electrons. The van der Waals surface area contributed by atoms with Crippen molar-refractivity contribution in [1.29, 1.82) is 0 Å². The minimum atomic E-state index is -1.76. The summed E-state index contributed by atoms with van der Waals surface area (Å²) in [5.74, 6) is 2.17. The van der Waals surface area contributed by atoms with Gasteiger partial charge in [-0.2, -0.15) is 0 Å². The van der Waals surface area contributed by atoms with Gasteiger partial charge in [-0.1, -0.05) is 0 Å². The second-order valence-electron chi connectivity index (χ2n) is 13.0. The summed E-state index contributed by atoms with van der Waals surface area (Å²) in [6.07, 6.45) is 17.2. The van der Waals surface area contributed by atoms with E-state index < -0.39 is 36.8 Å².